The molecule has 2 heteroatoms. The number of pyridine rings is 1. The second-order valence-corrected chi connectivity index (χ2v) is 3.93. The van der Waals surface area contributed by atoms with Gasteiger partial charge in [0.15, 0.2) is 0 Å². The first kappa shape index (κ1) is 13.0. The van der Waals surface area contributed by atoms with E-state index in [9.17, 15) is 0 Å². The SMILES string of the molecule is CC.CCc1ccc(N2CCCCC2)nc1. The van der Waals surface area contributed by atoms with E-state index in [1.165, 1.54) is 37.9 Å². The lowest BCUT2D eigenvalue weighted by molar-refractivity contribution is 0.573. The van der Waals surface area contributed by atoms with Crippen LogP contribution >= 0.6 is 0 Å². The summed E-state index contributed by atoms with van der Waals surface area (Å²) in [5, 5.41) is 0. The Morgan fingerprint density at radius 1 is 1.12 bits per heavy atom. The molecule has 1 saturated heterocycles. The van der Waals surface area contributed by atoms with Crippen LogP contribution in [0.4, 0.5) is 5.82 Å². The Kier molecular flexibility index (Phi) is 5.91. The van der Waals surface area contributed by atoms with Gasteiger partial charge in [-0.15, -0.1) is 0 Å². The molecule has 0 aromatic carbocycles. The zero-order valence-electron chi connectivity index (χ0n) is 10.9. The fraction of sp³-hybridized carbons (Fsp3) is 0.643. The number of aromatic nitrogens is 1. The van der Waals surface area contributed by atoms with Crippen molar-refractivity contribution in [2.45, 2.75) is 46.5 Å². The predicted octanol–water partition coefficient (Wildman–Crippen LogP) is 3.66. The molecule has 0 spiro atoms. The minimum absolute atomic E-state index is 1.08. The number of rotatable bonds is 2. The van der Waals surface area contributed by atoms with Crippen LogP contribution in [0.25, 0.3) is 0 Å². The van der Waals surface area contributed by atoms with Crippen molar-refractivity contribution in [1.29, 1.82) is 0 Å². The summed E-state index contributed by atoms with van der Waals surface area (Å²) in [5.74, 6) is 1.15. The summed E-state index contributed by atoms with van der Waals surface area (Å²) in [7, 11) is 0. The maximum Gasteiger partial charge on any atom is 0.128 e. The summed E-state index contributed by atoms with van der Waals surface area (Å²) >= 11 is 0. The molecule has 0 bridgehead atoms. The summed E-state index contributed by atoms with van der Waals surface area (Å²) in [6.45, 7) is 8.52. The van der Waals surface area contributed by atoms with Gasteiger partial charge in [0.05, 0.1) is 0 Å². The quantitative estimate of drug-likeness (QED) is 0.756. The van der Waals surface area contributed by atoms with Crippen LogP contribution < -0.4 is 4.90 Å². The predicted molar refractivity (Wildman–Crippen MR) is 71.0 cm³/mol. The van der Waals surface area contributed by atoms with Gasteiger partial charge in [-0.1, -0.05) is 26.8 Å². The zero-order chi connectivity index (χ0) is 11.8. The molecule has 2 rings (SSSR count). The van der Waals surface area contributed by atoms with Crippen LogP contribution in [0.5, 0.6) is 0 Å². The molecular weight excluding hydrogens is 196 g/mol. The highest BCUT2D eigenvalue weighted by Gasteiger charge is 2.11. The Bertz CT molecular complexity index is 273. The number of piperidine rings is 1. The van der Waals surface area contributed by atoms with Gasteiger partial charge < -0.3 is 4.90 Å². The first-order valence-electron chi connectivity index (χ1n) is 6.60. The van der Waals surface area contributed by atoms with Gasteiger partial charge in [0.2, 0.25) is 0 Å². The number of anilines is 1. The van der Waals surface area contributed by atoms with Crippen molar-refractivity contribution in [3.05, 3.63) is 23.9 Å². The second-order valence-electron chi connectivity index (χ2n) is 3.93. The first-order valence-corrected chi connectivity index (χ1v) is 6.60. The molecule has 1 fully saturated rings. The molecule has 0 unspecified atom stereocenters. The lowest BCUT2D eigenvalue weighted by Gasteiger charge is -2.27. The van der Waals surface area contributed by atoms with Gasteiger partial charge in [0.1, 0.15) is 5.82 Å². The van der Waals surface area contributed by atoms with E-state index in [-0.39, 0.29) is 0 Å². The summed E-state index contributed by atoms with van der Waals surface area (Å²) < 4.78 is 0. The van der Waals surface area contributed by atoms with Crippen molar-refractivity contribution < 1.29 is 0 Å². The number of hydrogen-bond acceptors (Lipinski definition) is 2. The van der Waals surface area contributed by atoms with Crippen molar-refractivity contribution in [1.82, 2.24) is 4.98 Å². The topological polar surface area (TPSA) is 16.1 Å². The Hall–Kier alpha value is -1.05. The minimum atomic E-state index is 1.08. The van der Waals surface area contributed by atoms with E-state index in [1.807, 2.05) is 20.0 Å². The molecule has 1 aliphatic rings. The number of aryl methyl sites for hydroxylation is 1. The molecule has 0 radical (unpaired) electrons. The van der Waals surface area contributed by atoms with Gasteiger partial charge in [-0.05, 0) is 37.3 Å². The molecule has 90 valence electrons. The third kappa shape index (κ3) is 3.51. The summed E-state index contributed by atoms with van der Waals surface area (Å²) in [6.07, 6.45) is 7.09. The molecule has 0 amide bonds. The fourth-order valence-electron chi connectivity index (χ4n) is 1.94. The average molecular weight is 220 g/mol. The average Bonchev–Trinajstić information content (AvgIpc) is 2.42. The number of nitrogens with zero attached hydrogens (tertiary/aromatic N) is 2. The van der Waals surface area contributed by atoms with Crippen molar-refractivity contribution in [2.24, 2.45) is 0 Å². The molecule has 0 aliphatic carbocycles. The fourth-order valence-corrected chi connectivity index (χ4v) is 1.94. The molecule has 2 heterocycles. The standard InChI is InChI=1S/C12H18N2.C2H6/c1-2-11-6-7-12(13-10-11)14-8-4-3-5-9-14;1-2/h6-7,10H,2-5,8-9H2,1H3;1-2H3. The van der Waals surface area contributed by atoms with E-state index in [4.69, 9.17) is 0 Å². The Labute approximate surface area is 99.7 Å². The van der Waals surface area contributed by atoms with Gasteiger partial charge in [0.25, 0.3) is 0 Å². The van der Waals surface area contributed by atoms with Gasteiger partial charge in [0, 0.05) is 19.3 Å². The van der Waals surface area contributed by atoms with Crippen molar-refractivity contribution in [3.8, 4) is 0 Å². The molecule has 0 atom stereocenters. The summed E-state index contributed by atoms with van der Waals surface area (Å²) in [5.41, 5.74) is 1.32. The summed E-state index contributed by atoms with van der Waals surface area (Å²) in [4.78, 5) is 6.89. The molecule has 0 N–H and O–H groups in total. The van der Waals surface area contributed by atoms with Crippen LogP contribution in [-0.4, -0.2) is 18.1 Å². The number of hydrogen-bond donors (Lipinski definition) is 0. The van der Waals surface area contributed by atoms with Gasteiger partial charge >= 0.3 is 0 Å². The van der Waals surface area contributed by atoms with Gasteiger partial charge in [-0.3, -0.25) is 0 Å². The molecule has 1 aromatic heterocycles. The van der Waals surface area contributed by atoms with Crippen LogP contribution in [0.15, 0.2) is 18.3 Å². The first-order chi connectivity index (χ1) is 7.90. The maximum atomic E-state index is 4.50. The van der Waals surface area contributed by atoms with E-state index < -0.39 is 0 Å². The molecular formula is C14H24N2. The highest BCUT2D eigenvalue weighted by molar-refractivity contribution is 5.39. The highest BCUT2D eigenvalue weighted by Crippen LogP contribution is 2.17. The zero-order valence-corrected chi connectivity index (χ0v) is 10.9. The van der Waals surface area contributed by atoms with Crippen LogP contribution in [0, 0.1) is 0 Å². The lowest BCUT2D eigenvalue weighted by Crippen LogP contribution is -2.30. The third-order valence-corrected chi connectivity index (χ3v) is 2.90. The van der Waals surface area contributed by atoms with Crippen molar-refractivity contribution in [2.75, 3.05) is 18.0 Å². The molecule has 1 aromatic rings. The Morgan fingerprint density at radius 3 is 2.31 bits per heavy atom. The monoisotopic (exact) mass is 220 g/mol. The van der Waals surface area contributed by atoms with Crippen molar-refractivity contribution in [3.63, 3.8) is 0 Å². The minimum Gasteiger partial charge on any atom is -0.357 e. The van der Waals surface area contributed by atoms with Crippen LogP contribution in [0.2, 0.25) is 0 Å². The van der Waals surface area contributed by atoms with Gasteiger partial charge in [-0.2, -0.15) is 0 Å². The molecule has 1 aliphatic heterocycles. The van der Waals surface area contributed by atoms with E-state index >= 15 is 0 Å². The van der Waals surface area contributed by atoms with Crippen molar-refractivity contribution >= 4 is 5.82 Å². The Morgan fingerprint density at radius 2 is 1.81 bits per heavy atom. The lowest BCUT2D eigenvalue weighted by atomic mass is 10.1. The summed E-state index contributed by atoms with van der Waals surface area (Å²) in [6, 6.07) is 4.35. The van der Waals surface area contributed by atoms with E-state index in [1.54, 1.807) is 0 Å². The third-order valence-electron chi connectivity index (χ3n) is 2.90. The van der Waals surface area contributed by atoms with Gasteiger partial charge in [-0.25, -0.2) is 4.98 Å². The molecule has 2 nitrogen and oxygen atoms in total. The van der Waals surface area contributed by atoms with Crippen LogP contribution in [0.3, 0.4) is 0 Å². The normalized spacial score (nSPS) is 15.3. The van der Waals surface area contributed by atoms with Crippen LogP contribution in [0.1, 0.15) is 45.6 Å². The maximum absolute atomic E-state index is 4.50. The van der Waals surface area contributed by atoms with Crippen LogP contribution in [-0.2, 0) is 6.42 Å². The highest BCUT2D eigenvalue weighted by atomic mass is 15.2. The largest absolute Gasteiger partial charge is 0.357 e. The van der Waals surface area contributed by atoms with E-state index in [0.717, 1.165) is 12.2 Å². The Balaban J connectivity index is 0.000000606. The van der Waals surface area contributed by atoms with E-state index in [2.05, 4.69) is 28.9 Å². The second kappa shape index (κ2) is 7.26. The molecule has 0 saturated carbocycles. The molecule has 16 heavy (non-hydrogen) atoms. The van der Waals surface area contributed by atoms with E-state index in [0.29, 0.717) is 0 Å². The smallest absolute Gasteiger partial charge is 0.128 e.